The molecule has 1 amide bonds. The first-order valence-corrected chi connectivity index (χ1v) is 7.18. The Balaban J connectivity index is 2.25. The van der Waals surface area contributed by atoms with Gasteiger partial charge in [0.1, 0.15) is 0 Å². The second-order valence-corrected chi connectivity index (χ2v) is 5.77. The molecule has 1 rings (SSSR count). The number of amides is 1. The topological polar surface area (TPSA) is 44.4 Å². The maximum absolute atomic E-state index is 12.0. The summed E-state index contributed by atoms with van der Waals surface area (Å²) in [7, 11) is 6.10. The Bertz CT molecular complexity index is 247. The van der Waals surface area contributed by atoms with Crippen LogP contribution in [0.5, 0.6) is 0 Å². The van der Waals surface area contributed by atoms with E-state index >= 15 is 0 Å². The van der Waals surface area contributed by atoms with Crippen LogP contribution in [0, 0.1) is 0 Å². The summed E-state index contributed by atoms with van der Waals surface area (Å²) in [4.78, 5) is 14.1. The third-order valence-corrected chi connectivity index (χ3v) is 3.94. The van der Waals surface area contributed by atoms with Crippen molar-refractivity contribution in [1.82, 2.24) is 15.5 Å². The highest BCUT2D eigenvalue weighted by Gasteiger charge is 2.32. The molecule has 0 aromatic rings. The summed E-state index contributed by atoms with van der Waals surface area (Å²) < 4.78 is 0. The Morgan fingerprint density at radius 2 is 1.89 bits per heavy atom. The van der Waals surface area contributed by atoms with E-state index < -0.39 is 0 Å². The molecule has 0 atom stereocenters. The monoisotopic (exact) mass is 255 g/mol. The van der Waals surface area contributed by atoms with E-state index in [2.05, 4.69) is 29.6 Å². The maximum atomic E-state index is 12.0. The van der Waals surface area contributed by atoms with Gasteiger partial charge < -0.3 is 15.5 Å². The highest BCUT2D eigenvalue weighted by Crippen LogP contribution is 2.30. The van der Waals surface area contributed by atoms with Crippen molar-refractivity contribution in [3.63, 3.8) is 0 Å². The van der Waals surface area contributed by atoms with Crippen molar-refractivity contribution in [3.05, 3.63) is 0 Å². The maximum Gasteiger partial charge on any atom is 0.221 e. The van der Waals surface area contributed by atoms with Gasteiger partial charge in [-0.3, -0.25) is 4.79 Å². The first kappa shape index (κ1) is 15.4. The lowest BCUT2D eigenvalue weighted by atomic mass is 9.79. The molecule has 4 heteroatoms. The van der Waals surface area contributed by atoms with Crippen LogP contribution >= 0.6 is 0 Å². The van der Waals surface area contributed by atoms with E-state index in [4.69, 9.17) is 0 Å². The smallest absolute Gasteiger partial charge is 0.221 e. The van der Waals surface area contributed by atoms with Crippen LogP contribution in [0.1, 0.15) is 44.9 Å². The van der Waals surface area contributed by atoms with Gasteiger partial charge in [0.15, 0.2) is 0 Å². The van der Waals surface area contributed by atoms with Gasteiger partial charge in [-0.05, 0) is 47.0 Å². The minimum atomic E-state index is 0.0594. The molecule has 0 aromatic carbocycles. The Labute approximate surface area is 111 Å². The lowest BCUT2D eigenvalue weighted by molar-refractivity contribution is -0.122. The van der Waals surface area contributed by atoms with Gasteiger partial charge in [-0.15, -0.1) is 0 Å². The number of nitrogens with one attached hydrogen (secondary N) is 2. The molecular weight excluding hydrogens is 226 g/mol. The number of nitrogens with zero attached hydrogens (tertiary/aromatic N) is 1. The molecule has 0 saturated heterocycles. The Hall–Kier alpha value is -0.610. The van der Waals surface area contributed by atoms with Crippen LogP contribution in [0.15, 0.2) is 0 Å². The Kier molecular flexibility index (Phi) is 6.65. The first-order chi connectivity index (χ1) is 8.58. The van der Waals surface area contributed by atoms with Gasteiger partial charge in [-0.25, -0.2) is 0 Å². The molecule has 106 valence electrons. The molecule has 0 aromatic heterocycles. The second-order valence-electron chi connectivity index (χ2n) is 5.77. The lowest BCUT2D eigenvalue weighted by Gasteiger charge is -2.36. The van der Waals surface area contributed by atoms with Crippen molar-refractivity contribution < 1.29 is 4.79 Å². The summed E-state index contributed by atoms with van der Waals surface area (Å²) in [6.45, 7) is 1.81. The second kappa shape index (κ2) is 7.74. The molecule has 1 fully saturated rings. The van der Waals surface area contributed by atoms with Crippen LogP contribution in [-0.4, -0.2) is 50.6 Å². The summed E-state index contributed by atoms with van der Waals surface area (Å²) in [5.41, 5.74) is 0.0594. The number of rotatable bonds is 7. The molecule has 0 aliphatic heterocycles. The van der Waals surface area contributed by atoms with Crippen molar-refractivity contribution in [1.29, 1.82) is 0 Å². The molecule has 1 aliphatic rings. The van der Waals surface area contributed by atoms with Crippen LogP contribution < -0.4 is 10.6 Å². The number of hydrogen-bond donors (Lipinski definition) is 2. The van der Waals surface area contributed by atoms with E-state index in [0.717, 1.165) is 32.4 Å². The molecule has 4 nitrogen and oxygen atoms in total. The van der Waals surface area contributed by atoms with Gasteiger partial charge in [0.25, 0.3) is 0 Å². The summed E-state index contributed by atoms with van der Waals surface area (Å²) in [5, 5.41) is 6.43. The summed E-state index contributed by atoms with van der Waals surface area (Å²) in [6.07, 6.45) is 7.72. The zero-order chi connectivity index (χ0) is 13.4. The van der Waals surface area contributed by atoms with Crippen molar-refractivity contribution in [2.45, 2.75) is 50.5 Å². The van der Waals surface area contributed by atoms with Crippen LogP contribution in [0.3, 0.4) is 0 Å². The van der Waals surface area contributed by atoms with Crippen LogP contribution in [-0.2, 0) is 4.79 Å². The van der Waals surface area contributed by atoms with Crippen molar-refractivity contribution in [3.8, 4) is 0 Å². The molecule has 0 spiro atoms. The van der Waals surface area contributed by atoms with E-state index in [1.165, 1.54) is 19.3 Å². The number of carbonyl (C=O) groups excluding carboxylic acids is 1. The standard InChI is InChI=1S/C14H29N3O/c1-15-14(8-5-4-6-9-14)12-13(18)16-10-7-11-17(2)3/h15H,4-12H2,1-3H3,(H,16,18). The fourth-order valence-corrected chi connectivity index (χ4v) is 2.74. The van der Waals surface area contributed by atoms with Gasteiger partial charge in [-0.2, -0.15) is 0 Å². The van der Waals surface area contributed by atoms with Gasteiger partial charge in [0.05, 0.1) is 0 Å². The number of hydrogen-bond acceptors (Lipinski definition) is 3. The SMILES string of the molecule is CNC1(CC(=O)NCCCN(C)C)CCCCC1. The third-order valence-electron chi connectivity index (χ3n) is 3.94. The average Bonchev–Trinajstić information content (AvgIpc) is 2.35. The molecule has 1 aliphatic carbocycles. The quantitative estimate of drug-likeness (QED) is 0.675. The third kappa shape index (κ3) is 5.36. The van der Waals surface area contributed by atoms with Gasteiger partial charge in [0.2, 0.25) is 5.91 Å². The number of carbonyl (C=O) groups is 1. The Morgan fingerprint density at radius 3 is 2.44 bits per heavy atom. The average molecular weight is 255 g/mol. The fourth-order valence-electron chi connectivity index (χ4n) is 2.74. The van der Waals surface area contributed by atoms with Gasteiger partial charge in [-0.1, -0.05) is 19.3 Å². The molecule has 0 bridgehead atoms. The van der Waals surface area contributed by atoms with Gasteiger partial charge >= 0.3 is 0 Å². The molecule has 2 N–H and O–H groups in total. The zero-order valence-electron chi connectivity index (χ0n) is 12.2. The van der Waals surface area contributed by atoms with Crippen molar-refractivity contribution >= 4 is 5.91 Å². The highest BCUT2D eigenvalue weighted by atomic mass is 16.1. The van der Waals surface area contributed by atoms with Crippen molar-refractivity contribution in [2.24, 2.45) is 0 Å². The van der Waals surface area contributed by atoms with Crippen LogP contribution in [0.2, 0.25) is 0 Å². The summed E-state index contributed by atoms with van der Waals surface area (Å²) in [5.74, 6) is 0.199. The molecule has 0 radical (unpaired) electrons. The van der Waals surface area contributed by atoms with Crippen LogP contribution in [0.4, 0.5) is 0 Å². The van der Waals surface area contributed by atoms with E-state index in [0.29, 0.717) is 6.42 Å². The van der Waals surface area contributed by atoms with Gasteiger partial charge in [0, 0.05) is 18.5 Å². The summed E-state index contributed by atoms with van der Waals surface area (Å²) in [6, 6.07) is 0. The predicted molar refractivity (Wildman–Crippen MR) is 75.7 cm³/mol. The van der Waals surface area contributed by atoms with E-state index in [1.54, 1.807) is 0 Å². The highest BCUT2D eigenvalue weighted by molar-refractivity contribution is 5.77. The molecule has 0 unspecified atom stereocenters. The molecular formula is C14H29N3O. The fraction of sp³-hybridized carbons (Fsp3) is 0.929. The van der Waals surface area contributed by atoms with E-state index in [9.17, 15) is 4.79 Å². The zero-order valence-corrected chi connectivity index (χ0v) is 12.2. The minimum Gasteiger partial charge on any atom is -0.356 e. The first-order valence-electron chi connectivity index (χ1n) is 7.18. The normalized spacial score (nSPS) is 18.9. The predicted octanol–water partition coefficient (Wildman–Crippen LogP) is 1.37. The minimum absolute atomic E-state index is 0.0594. The summed E-state index contributed by atoms with van der Waals surface area (Å²) >= 11 is 0. The molecule has 1 saturated carbocycles. The van der Waals surface area contributed by atoms with E-state index in [1.807, 2.05) is 7.05 Å². The molecule has 0 heterocycles. The largest absolute Gasteiger partial charge is 0.356 e. The van der Waals surface area contributed by atoms with E-state index in [-0.39, 0.29) is 11.4 Å². The van der Waals surface area contributed by atoms with Crippen molar-refractivity contribution in [2.75, 3.05) is 34.2 Å². The molecule has 18 heavy (non-hydrogen) atoms. The Morgan fingerprint density at radius 1 is 1.22 bits per heavy atom. The lowest BCUT2D eigenvalue weighted by Crippen LogP contribution is -2.48. The van der Waals surface area contributed by atoms with Crippen LogP contribution in [0.25, 0.3) is 0 Å².